The van der Waals surface area contributed by atoms with Crippen LogP contribution in [0.4, 0.5) is 10.2 Å². The first-order valence-electron chi connectivity index (χ1n) is 7.94. The fourth-order valence-corrected chi connectivity index (χ4v) is 2.38. The van der Waals surface area contributed by atoms with E-state index in [1.165, 1.54) is 35.2 Å². The predicted octanol–water partition coefficient (Wildman–Crippen LogP) is 2.38. The number of furan rings is 1. The molecule has 2 aromatic heterocycles. The van der Waals surface area contributed by atoms with Gasteiger partial charge in [0, 0.05) is 19.7 Å². The Kier molecular flexibility index (Phi) is 5.12. The van der Waals surface area contributed by atoms with E-state index in [1.54, 1.807) is 25.2 Å². The van der Waals surface area contributed by atoms with Gasteiger partial charge in [0.25, 0.3) is 11.8 Å². The highest BCUT2D eigenvalue weighted by Gasteiger charge is 2.16. The third-order valence-electron chi connectivity index (χ3n) is 3.69. The van der Waals surface area contributed by atoms with Gasteiger partial charge in [-0.2, -0.15) is 5.10 Å². The molecule has 0 spiro atoms. The van der Waals surface area contributed by atoms with Crippen LogP contribution in [0.2, 0.25) is 0 Å². The highest BCUT2D eigenvalue weighted by molar-refractivity contribution is 6.02. The van der Waals surface area contributed by atoms with Gasteiger partial charge in [-0.1, -0.05) is 12.1 Å². The molecule has 2 heterocycles. The van der Waals surface area contributed by atoms with E-state index in [2.05, 4.69) is 15.7 Å². The number of rotatable bonds is 6. The minimum Gasteiger partial charge on any atom is -0.459 e. The molecule has 26 heavy (non-hydrogen) atoms. The number of carbonyl (C=O) groups is 2. The third-order valence-corrected chi connectivity index (χ3v) is 3.69. The molecule has 0 aliphatic carbocycles. The molecule has 0 bridgehead atoms. The molecule has 134 valence electrons. The number of hydrogen-bond donors (Lipinski definition) is 2. The van der Waals surface area contributed by atoms with E-state index < -0.39 is 5.91 Å². The lowest BCUT2D eigenvalue weighted by atomic mass is 10.1. The first-order chi connectivity index (χ1) is 12.5. The number of halogens is 1. The molecule has 0 saturated carbocycles. The van der Waals surface area contributed by atoms with Gasteiger partial charge in [-0.25, -0.2) is 4.39 Å². The van der Waals surface area contributed by atoms with E-state index in [4.69, 9.17) is 4.42 Å². The molecule has 0 atom stereocenters. The Bertz CT molecular complexity index is 918. The number of nitrogens with zero attached hydrogens (tertiary/aromatic N) is 2. The molecular formula is C18H17FN4O3. The van der Waals surface area contributed by atoms with Gasteiger partial charge in [0.2, 0.25) is 0 Å². The molecule has 0 saturated heterocycles. The van der Waals surface area contributed by atoms with Crippen LogP contribution in [0.3, 0.4) is 0 Å². The summed E-state index contributed by atoms with van der Waals surface area (Å²) in [6, 6.07) is 10.8. The van der Waals surface area contributed by atoms with Crippen LogP contribution in [0.25, 0.3) is 0 Å². The van der Waals surface area contributed by atoms with Crippen molar-refractivity contribution in [1.82, 2.24) is 15.1 Å². The molecule has 2 amide bonds. The standard InChI is InChI=1S/C18H17FN4O3/c1-23-16(21-18(25)15-6-3-9-26-15)11-14(22-23)17(24)20-8-7-12-4-2-5-13(19)10-12/h2-6,9-11H,7-8H2,1H3,(H,20,24)(H,21,25). The molecule has 0 aliphatic heterocycles. The van der Waals surface area contributed by atoms with Crippen LogP contribution in [-0.4, -0.2) is 28.1 Å². The first kappa shape index (κ1) is 17.4. The number of hydrogen-bond acceptors (Lipinski definition) is 4. The van der Waals surface area contributed by atoms with Crippen LogP contribution >= 0.6 is 0 Å². The minimum atomic E-state index is -0.434. The monoisotopic (exact) mass is 356 g/mol. The second-order valence-corrected chi connectivity index (χ2v) is 5.61. The maximum absolute atomic E-state index is 13.1. The maximum Gasteiger partial charge on any atom is 0.292 e. The van der Waals surface area contributed by atoms with Crippen molar-refractivity contribution in [2.24, 2.45) is 7.05 Å². The summed E-state index contributed by atoms with van der Waals surface area (Å²) in [5, 5.41) is 9.43. The second kappa shape index (κ2) is 7.64. The molecule has 0 unspecified atom stereocenters. The Morgan fingerprint density at radius 2 is 2.04 bits per heavy atom. The molecule has 8 heteroatoms. The lowest BCUT2D eigenvalue weighted by molar-refractivity contribution is 0.0947. The van der Waals surface area contributed by atoms with Crippen molar-refractivity contribution in [1.29, 1.82) is 0 Å². The molecule has 1 aromatic carbocycles. The van der Waals surface area contributed by atoms with E-state index in [1.807, 2.05) is 0 Å². The van der Waals surface area contributed by atoms with E-state index in [9.17, 15) is 14.0 Å². The number of benzene rings is 1. The molecule has 7 nitrogen and oxygen atoms in total. The maximum atomic E-state index is 13.1. The van der Waals surface area contributed by atoms with Gasteiger partial charge in [0.15, 0.2) is 11.5 Å². The number of aryl methyl sites for hydroxylation is 1. The quantitative estimate of drug-likeness (QED) is 0.710. The fourth-order valence-electron chi connectivity index (χ4n) is 2.38. The zero-order chi connectivity index (χ0) is 18.5. The van der Waals surface area contributed by atoms with Gasteiger partial charge in [-0.05, 0) is 36.2 Å². The summed E-state index contributed by atoms with van der Waals surface area (Å²) in [5.41, 5.74) is 0.958. The van der Waals surface area contributed by atoms with Gasteiger partial charge in [0.1, 0.15) is 11.6 Å². The molecular weight excluding hydrogens is 339 g/mol. The van der Waals surface area contributed by atoms with Gasteiger partial charge in [0.05, 0.1) is 6.26 Å². The number of carbonyl (C=O) groups excluding carboxylic acids is 2. The highest BCUT2D eigenvalue weighted by atomic mass is 19.1. The van der Waals surface area contributed by atoms with Crippen LogP contribution in [0, 0.1) is 5.82 Å². The van der Waals surface area contributed by atoms with Crippen molar-refractivity contribution in [2.75, 3.05) is 11.9 Å². The largest absolute Gasteiger partial charge is 0.459 e. The van der Waals surface area contributed by atoms with Gasteiger partial charge in [-0.3, -0.25) is 14.3 Å². The van der Waals surface area contributed by atoms with E-state index in [0.29, 0.717) is 18.8 Å². The van der Waals surface area contributed by atoms with Crippen molar-refractivity contribution in [3.05, 3.63) is 71.6 Å². The number of amides is 2. The summed E-state index contributed by atoms with van der Waals surface area (Å²) in [5.74, 6) is -0.601. The average Bonchev–Trinajstić information content (AvgIpc) is 3.25. The summed E-state index contributed by atoms with van der Waals surface area (Å²) >= 11 is 0. The van der Waals surface area contributed by atoms with Gasteiger partial charge >= 0.3 is 0 Å². The van der Waals surface area contributed by atoms with E-state index >= 15 is 0 Å². The summed E-state index contributed by atoms with van der Waals surface area (Å²) < 4.78 is 19.5. The Balaban J connectivity index is 1.57. The molecule has 0 radical (unpaired) electrons. The Labute approximate surface area is 148 Å². The summed E-state index contributed by atoms with van der Waals surface area (Å²) in [6.45, 7) is 0.340. The van der Waals surface area contributed by atoms with Crippen LogP contribution in [0.15, 0.2) is 53.1 Å². The Hall–Kier alpha value is -3.42. The smallest absolute Gasteiger partial charge is 0.292 e. The minimum absolute atomic E-state index is 0.160. The number of aromatic nitrogens is 2. The fraction of sp³-hybridized carbons (Fsp3) is 0.167. The van der Waals surface area contributed by atoms with Crippen LogP contribution in [0.5, 0.6) is 0 Å². The molecule has 3 aromatic rings. The Morgan fingerprint density at radius 1 is 1.19 bits per heavy atom. The second-order valence-electron chi connectivity index (χ2n) is 5.61. The molecule has 3 rings (SSSR count). The van der Waals surface area contributed by atoms with E-state index in [-0.39, 0.29) is 23.2 Å². The van der Waals surface area contributed by atoms with Crippen LogP contribution in [-0.2, 0) is 13.5 Å². The van der Waals surface area contributed by atoms with Gasteiger partial charge in [-0.15, -0.1) is 0 Å². The summed E-state index contributed by atoms with van der Waals surface area (Å²) in [7, 11) is 1.61. The zero-order valence-electron chi connectivity index (χ0n) is 14.0. The predicted molar refractivity (Wildman–Crippen MR) is 92.3 cm³/mol. The van der Waals surface area contributed by atoms with Crippen molar-refractivity contribution in [3.8, 4) is 0 Å². The normalized spacial score (nSPS) is 10.5. The summed E-state index contributed by atoms with van der Waals surface area (Å²) in [4.78, 5) is 24.2. The number of anilines is 1. The van der Waals surface area contributed by atoms with E-state index in [0.717, 1.165) is 5.56 Å². The van der Waals surface area contributed by atoms with Crippen molar-refractivity contribution in [2.45, 2.75) is 6.42 Å². The highest BCUT2D eigenvalue weighted by Crippen LogP contribution is 2.12. The SMILES string of the molecule is Cn1nc(C(=O)NCCc2cccc(F)c2)cc1NC(=O)c1ccco1. The Morgan fingerprint density at radius 3 is 2.77 bits per heavy atom. The zero-order valence-corrected chi connectivity index (χ0v) is 14.0. The molecule has 0 aliphatic rings. The summed E-state index contributed by atoms with van der Waals surface area (Å²) in [6.07, 6.45) is 1.90. The molecule has 0 fully saturated rings. The van der Waals surface area contributed by atoms with Crippen molar-refractivity contribution in [3.63, 3.8) is 0 Å². The topological polar surface area (TPSA) is 89.2 Å². The van der Waals surface area contributed by atoms with Crippen LogP contribution < -0.4 is 10.6 Å². The first-order valence-corrected chi connectivity index (χ1v) is 7.94. The lowest BCUT2D eigenvalue weighted by Gasteiger charge is -2.03. The number of nitrogens with one attached hydrogen (secondary N) is 2. The lowest BCUT2D eigenvalue weighted by Crippen LogP contribution is -2.26. The third kappa shape index (κ3) is 4.15. The van der Waals surface area contributed by atoms with Gasteiger partial charge < -0.3 is 15.1 Å². The average molecular weight is 356 g/mol. The van der Waals surface area contributed by atoms with Crippen molar-refractivity contribution < 1.29 is 18.4 Å². The van der Waals surface area contributed by atoms with Crippen molar-refractivity contribution >= 4 is 17.6 Å². The molecule has 2 N–H and O–H groups in total. The van der Waals surface area contributed by atoms with Crippen LogP contribution in [0.1, 0.15) is 26.6 Å².